The Kier molecular flexibility index (Phi) is 4.20. The van der Waals surface area contributed by atoms with Crippen molar-refractivity contribution in [3.05, 3.63) is 58.3 Å². The first-order valence-electron chi connectivity index (χ1n) is 5.88. The van der Waals surface area contributed by atoms with E-state index in [0.717, 1.165) is 10.0 Å². The summed E-state index contributed by atoms with van der Waals surface area (Å²) >= 11 is 3.34. The largest absolute Gasteiger partial charge is 0.356 e. The molecule has 1 aromatic carbocycles. The first kappa shape index (κ1) is 12.9. The summed E-state index contributed by atoms with van der Waals surface area (Å²) in [6.45, 7) is 3.30. The van der Waals surface area contributed by atoms with Crippen LogP contribution >= 0.6 is 15.9 Å². The molecule has 0 aliphatic rings. The second-order valence-corrected chi connectivity index (χ2v) is 4.95. The lowest BCUT2D eigenvalue weighted by Gasteiger charge is -2.20. The number of hydrogen-bond acceptors (Lipinski definition) is 1. The molecular weight excluding hydrogens is 292 g/mol. The molecule has 4 heteroatoms. The Balaban J connectivity index is 2.12. The maximum atomic E-state index is 12.3. The standard InChI is InChI=1S/C14H15BrN2O/c1-2-17(10-11-6-4-3-5-7-11)14(18)13-8-12(15)9-16-13/h3-9,16H,2,10H2,1H3. The molecule has 0 saturated heterocycles. The van der Waals surface area contributed by atoms with E-state index < -0.39 is 0 Å². The molecule has 18 heavy (non-hydrogen) atoms. The van der Waals surface area contributed by atoms with Gasteiger partial charge in [-0.05, 0) is 34.5 Å². The third-order valence-electron chi connectivity index (χ3n) is 2.76. The van der Waals surface area contributed by atoms with Crippen molar-refractivity contribution in [1.82, 2.24) is 9.88 Å². The number of amides is 1. The van der Waals surface area contributed by atoms with E-state index in [4.69, 9.17) is 0 Å². The first-order chi connectivity index (χ1) is 8.70. The SMILES string of the molecule is CCN(Cc1ccccc1)C(=O)c1cc(Br)c[nH]1. The van der Waals surface area contributed by atoms with Crippen molar-refractivity contribution >= 4 is 21.8 Å². The summed E-state index contributed by atoms with van der Waals surface area (Å²) in [5.41, 5.74) is 1.75. The highest BCUT2D eigenvalue weighted by atomic mass is 79.9. The quantitative estimate of drug-likeness (QED) is 0.923. The van der Waals surface area contributed by atoms with E-state index >= 15 is 0 Å². The summed E-state index contributed by atoms with van der Waals surface area (Å²) in [5.74, 6) is 0.0204. The van der Waals surface area contributed by atoms with Gasteiger partial charge in [0, 0.05) is 23.8 Å². The van der Waals surface area contributed by atoms with Crippen molar-refractivity contribution in [2.45, 2.75) is 13.5 Å². The molecule has 94 valence electrons. The molecular formula is C14H15BrN2O. The number of hydrogen-bond donors (Lipinski definition) is 1. The number of halogens is 1. The van der Waals surface area contributed by atoms with E-state index in [2.05, 4.69) is 20.9 Å². The number of H-pyrrole nitrogens is 1. The number of rotatable bonds is 4. The fraction of sp³-hybridized carbons (Fsp3) is 0.214. The molecule has 0 unspecified atom stereocenters. The zero-order valence-electron chi connectivity index (χ0n) is 10.2. The topological polar surface area (TPSA) is 36.1 Å². The Morgan fingerprint density at radius 2 is 2.06 bits per heavy atom. The van der Waals surface area contributed by atoms with Gasteiger partial charge in [0.2, 0.25) is 0 Å². The number of aromatic amines is 1. The molecule has 2 rings (SSSR count). The van der Waals surface area contributed by atoms with Crippen molar-refractivity contribution in [3.63, 3.8) is 0 Å². The summed E-state index contributed by atoms with van der Waals surface area (Å²) in [7, 11) is 0. The number of carbonyl (C=O) groups excluding carboxylic acids is 1. The van der Waals surface area contributed by atoms with Gasteiger partial charge in [-0.2, -0.15) is 0 Å². The van der Waals surface area contributed by atoms with Gasteiger partial charge in [0.15, 0.2) is 0 Å². The highest BCUT2D eigenvalue weighted by Gasteiger charge is 2.15. The van der Waals surface area contributed by atoms with E-state index in [1.807, 2.05) is 42.2 Å². The first-order valence-corrected chi connectivity index (χ1v) is 6.67. The molecule has 0 fully saturated rings. The highest BCUT2D eigenvalue weighted by molar-refractivity contribution is 9.10. The molecule has 0 aliphatic carbocycles. The van der Waals surface area contributed by atoms with Crippen molar-refractivity contribution < 1.29 is 4.79 Å². The number of nitrogens with one attached hydrogen (secondary N) is 1. The van der Waals surface area contributed by atoms with E-state index in [9.17, 15) is 4.79 Å². The summed E-state index contributed by atoms with van der Waals surface area (Å²) in [6.07, 6.45) is 1.77. The minimum Gasteiger partial charge on any atom is -0.356 e. The van der Waals surface area contributed by atoms with Gasteiger partial charge in [0.1, 0.15) is 5.69 Å². The van der Waals surface area contributed by atoms with Crippen LogP contribution < -0.4 is 0 Å². The van der Waals surface area contributed by atoms with E-state index in [1.165, 1.54) is 0 Å². The van der Waals surface area contributed by atoms with Crippen LogP contribution in [0.1, 0.15) is 23.0 Å². The summed E-state index contributed by atoms with van der Waals surface area (Å²) in [4.78, 5) is 17.0. The zero-order chi connectivity index (χ0) is 13.0. The maximum absolute atomic E-state index is 12.3. The summed E-state index contributed by atoms with van der Waals surface area (Å²) in [5, 5.41) is 0. The van der Waals surface area contributed by atoms with Crippen molar-refractivity contribution in [2.75, 3.05) is 6.54 Å². The minimum absolute atomic E-state index is 0.0204. The van der Waals surface area contributed by atoms with Gasteiger partial charge in [-0.15, -0.1) is 0 Å². The van der Waals surface area contributed by atoms with Crippen LogP contribution in [0.4, 0.5) is 0 Å². The predicted octanol–water partition coefficient (Wildman–Crippen LogP) is 3.44. The van der Waals surface area contributed by atoms with Gasteiger partial charge in [-0.25, -0.2) is 0 Å². The third kappa shape index (κ3) is 3.01. The summed E-state index contributed by atoms with van der Waals surface area (Å²) in [6, 6.07) is 11.8. The molecule has 0 saturated carbocycles. The lowest BCUT2D eigenvalue weighted by Crippen LogP contribution is -2.30. The lowest BCUT2D eigenvalue weighted by molar-refractivity contribution is 0.0747. The normalized spacial score (nSPS) is 10.3. The van der Waals surface area contributed by atoms with Gasteiger partial charge < -0.3 is 9.88 Å². The average Bonchev–Trinajstić information content (AvgIpc) is 2.83. The Bertz CT molecular complexity index is 522. The number of benzene rings is 1. The Morgan fingerprint density at radius 3 is 2.61 bits per heavy atom. The minimum atomic E-state index is 0.0204. The maximum Gasteiger partial charge on any atom is 0.270 e. The Morgan fingerprint density at radius 1 is 1.33 bits per heavy atom. The smallest absolute Gasteiger partial charge is 0.270 e. The molecule has 1 heterocycles. The van der Waals surface area contributed by atoms with E-state index in [0.29, 0.717) is 18.8 Å². The molecule has 2 aromatic rings. The molecule has 0 bridgehead atoms. The van der Waals surface area contributed by atoms with Crippen LogP contribution in [0, 0.1) is 0 Å². The second-order valence-electron chi connectivity index (χ2n) is 4.04. The fourth-order valence-corrected chi connectivity index (χ4v) is 2.14. The Labute approximate surface area is 115 Å². The molecule has 0 spiro atoms. The van der Waals surface area contributed by atoms with Crippen LogP contribution in [-0.4, -0.2) is 22.3 Å². The van der Waals surface area contributed by atoms with Crippen LogP contribution in [0.25, 0.3) is 0 Å². The number of aromatic nitrogens is 1. The monoisotopic (exact) mass is 306 g/mol. The van der Waals surface area contributed by atoms with E-state index in [1.54, 1.807) is 12.3 Å². The molecule has 0 radical (unpaired) electrons. The third-order valence-corrected chi connectivity index (χ3v) is 3.22. The van der Waals surface area contributed by atoms with Gasteiger partial charge in [-0.3, -0.25) is 4.79 Å². The average molecular weight is 307 g/mol. The molecule has 0 atom stereocenters. The molecule has 3 nitrogen and oxygen atoms in total. The van der Waals surface area contributed by atoms with Gasteiger partial charge in [0.05, 0.1) is 0 Å². The zero-order valence-corrected chi connectivity index (χ0v) is 11.8. The number of carbonyl (C=O) groups is 1. The van der Waals surface area contributed by atoms with Crippen molar-refractivity contribution in [3.8, 4) is 0 Å². The van der Waals surface area contributed by atoms with Crippen LogP contribution in [0.3, 0.4) is 0 Å². The van der Waals surface area contributed by atoms with Crippen LogP contribution in [0.15, 0.2) is 47.1 Å². The van der Waals surface area contributed by atoms with Gasteiger partial charge >= 0.3 is 0 Å². The van der Waals surface area contributed by atoms with Crippen molar-refractivity contribution in [2.24, 2.45) is 0 Å². The highest BCUT2D eigenvalue weighted by Crippen LogP contribution is 2.14. The van der Waals surface area contributed by atoms with Crippen LogP contribution in [0.5, 0.6) is 0 Å². The van der Waals surface area contributed by atoms with E-state index in [-0.39, 0.29) is 5.91 Å². The van der Waals surface area contributed by atoms with Crippen LogP contribution in [-0.2, 0) is 6.54 Å². The molecule has 1 aromatic heterocycles. The molecule has 0 aliphatic heterocycles. The van der Waals surface area contributed by atoms with Crippen molar-refractivity contribution in [1.29, 1.82) is 0 Å². The fourth-order valence-electron chi connectivity index (χ4n) is 1.79. The molecule has 1 N–H and O–H groups in total. The predicted molar refractivity (Wildman–Crippen MR) is 75.3 cm³/mol. The van der Waals surface area contributed by atoms with Crippen LogP contribution in [0.2, 0.25) is 0 Å². The second kappa shape index (κ2) is 5.87. The number of nitrogens with zero attached hydrogens (tertiary/aromatic N) is 1. The Hall–Kier alpha value is -1.55. The van der Waals surface area contributed by atoms with Gasteiger partial charge in [0.25, 0.3) is 5.91 Å². The lowest BCUT2D eigenvalue weighted by atomic mass is 10.2. The summed E-state index contributed by atoms with van der Waals surface area (Å²) < 4.78 is 0.890. The van der Waals surface area contributed by atoms with Gasteiger partial charge in [-0.1, -0.05) is 30.3 Å². The molecule has 1 amide bonds.